The molecule has 29 heavy (non-hydrogen) atoms. The van der Waals surface area contributed by atoms with Gasteiger partial charge in [-0.25, -0.2) is 9.80 Å². The zero-order chi connectivity index (χ0) is 20.2. The number of benzene rings is 1. The molecule has 0 fully saturated rings. The molecule has 3 aromatic rings. The Morgan fingerprint density at radius 3 is 2.66 bits per heavy atom. The Morgan fingerprint density at radius 2 is 1.93 bits per heavy atom. The van der Waals surface area contributed by atoms with Gasteiger partial charge in [0.05, 0.1) is 22.2 Å². The summed E-state index contributed by atoms with van der Waals surface area (Å²) in [6, 6.07) is 15.0. The number of esters is 1. The van der Waals surface area contributed by atoms with Crippen molar-refractivity contribution in [3.8, 4) is 0 Å². The molecule has 0 saturated carbocycles. The standard InChI is InChI=1S/C21H18N2O3S3/c1-27-17-7-3-2-6-14(17)21(25)26-13-20(24)23-16(19-9-5-11-29-19)12-15(22-23)18-8-4-10-28-18/h2-11,16H,12-13H2,1H3. The SMILES string of the molecule is CSc1ccccc1C(=O)OCC(=O)N1N=C(c2cccs2)CC1c1cccs1. The van der Waals surface area contributed by atoms with Gasteiger partial charge in [-0.1, -0.05) is 24.3 Å². The van der Waals surface area contributed by atoms with Crippen LogP contribution in [0.4, 0.5) is 0 Å². The molecule has 0 N–H and O–H groups in total. The number of carbonyl (C=O) groups is 2. The molecule has 0 radical (unpaired) electrons. The molecular weight excluding hydrogens is 424 g/mol. The number of hydrogen-bond acceptors (Lipinski definition) is 7. The fourth-order valence-corrected chi connectivity index (χ4v) is 5.24. The second kappa shape index (κ2) is 8.94. The van der Waals surface area contributed by atoms with E-state index in [9.17, 15) is 9.59 Å². The first-order chi connectivity index (χ1) is 14.2. The monoisotopic (exact) mass is 442 g/mol. The number of hydrogen-bond donors (Lipinski definition) is 0. The molecule has 0 bridgehead atoms. The van der Waals surface area contributed by atoms with Crippen LogP contribution >= 0.6 is 34.4 Å². The zero-order valence-electron chi connectivity index (χ0n) is 15.6. The second-order valence-corrected chi connectivity index (χ2v) is 9.05. The van der Waals surface area contributed by atoms with Crippen molar-refractivity contribution in [3.63, 3.8) is 0 Å². The van der Waals surface area contributed by atoms with Crippen LogP contribution in [-0.4, -0.2) is 35.5 Å². The molecule has 2 aromatic heterocycles. The lowest BCUT2D eigenvalue weighted by Crippen LogP contribution is -2.31. The molecule has 1 aliphatic heterocycles. The highest BCUT2D eigenvalue weighted by molar-refractivity contribution is 7.98. The summed E-state index contributed by atoms with van der Waals surface area (Å²) in [6.45, 7) is -0.343. The van der Waals surface area contributed by atoms with Crippen molar-refractivity contribution in [2.75, 3.05) is 12.9 Å². The van der Waals surface area contributed by atoms with Gasteiger partial charge in [0.25, 0.3) is 5.91 Å². The molecule has 148 valence electrons. The molecule has 1 aromatic carbocycles. The number of thioether (sulfide) groups is 1. The van der Waals surface area contributed by atoms with E-state index < -0.39 is 5.97 Å². The number of carbonyl (C=O) groups excluding carboxylic acids is 2. The van der Waals surface area contributed by atoms with E-state index in [2.05, 4.69) is 5.10 Å². The zero-order valence-corrected chi connectivity index (χ0v) is 18.1. The summed E-state index contributed by atoms with van der Waals surface area (Å²) in [6.07, 6.45) is 2.55. The second-order valence-electron chi connectivity index (χ2n) is 6.27. The predicted molar refractivity (Wildman–Crippen MR) is 118 cm³/mol. The Balaban J connectivity index is 1.50. The highest BCUT2D eigenvalue weighted by atomic mass is 32.2. The number of ether oxygens (including phenoxy) is 1. The fraction of sp³-hybridized carbons (Fsp3) is 0.190. The summed E-state index contributed by atoms with van der Waals surface area (Å²) < 4.78 is 5.33. The van der Waals surface area contributed by atoms with E-state index in [1.54, 1.807) is 34.8 Å². The summed E-state index contributed by atoms with van der Waals surface area (Å²) in [5.41, 5.74) is 1.35. The summed E-state index contributed by atoms with van der Waals surface area (Å²) in [5.74, 6) is -0.831. The maximum Gasteiger partial charge on any atom is 0.339 e. The van der Waals surface area contributed by atoms with Gasteiger partial charge in [0.1, 0.15) is 0 Å². The van der Waals surface area contributed by atoms with Gasteiger partial charge in [-0.05, 0) is 41.3 Å². The molecule has 4 rings (SSSR count). The van der Waals surface area contributed by atoms with Crippen LogP contribution in [0.1, 0.15) is 32.6 Å². The van der Waals surface area contributed by atoms with Gasteiger partial charge in [-0.15, -0.1) is 34.4 Å². The van der Waals surface area contributed by atoms with Crippen molar-refractivity contribution in [1.29, 1.82) is 0 Å². The van der Waals surface area contributed by atoms with Crippen LogP contribution in [0.5, 0.6) is 0 Å². The van der Waals surface area contributed by atoms with Crippen molar-refractivity contribution in [3.05, 3.63) is 74.6 Å². The number of amides is 1. The van der Waals surface area contributed by atoms with Gasteiger partial charge < -0.3 is 4.74 Å². The fourth-order valence-electron chi connectivity index (χ4n) is 3.12. The summed E-state index contributed by atoms with van der Waals surface area (Å²) >= 11 is 4.66. The van der Waals surface area contributed by atoms with E-state index in [1.807, 2.05) is 53.4 Å². The van der Waals surface area contributed by atoms with Gasteiger partial charge in [0.2, 0.25) is 0 Å². The molecule has 1 atom stereocenters. The first-order valence-electron chi connectivity index (χ1n) is 8.94. The minimum Gasteiger partial charge on any atom is -0.452 e. The first-order valence-corrected chi connectivity index (χ1v) is 11.9. The predicted octanol–water partition coefficient (Wildman–Crippen LogP) is 5.07. The van der Waals surface area contributed by atoms with Crippen molar-refractivity contribution < 1.29 is 14.3 Å². The quantitative estimate of drug-likeness (QED) is 0.395. The van der Waals surface area contributed by atoms with Crippen LogP contribution in [-0.2, 0) is 9.53 Å². The lowest BCUT2D eigenvalue weighted by Gasteiger charge is -2.20. The third-order valence-electron chi connectivity index (χ3n) is 4.50. The third-order valence-corrected chi connectivity index (χ3v) is 7.18. The molecule has 5 nitrogen and oxygen atoms in total. The minimum absolute atomic E-state index is 0.170. The largest absolute Gasteiger partial charge is 0.452 e. The Kier molecular flexibility index (Phi) is 6.13. The van der Waals surface area contributed by atoms with Crippen LogP contribution in [0.3, 0.4) is 0 Å². The molecule has 3 heterocycles. The molecule has 0 saturated heterocycles. The molecular formula is C21H18N2O3S3. The van der Waals surface area contributed by atoms with E-state index in [-0.39, 0.29) is 18.6 Å². The van der Waals surface area contributed by atoms with Gasteiger partial charge >= 0.3 is 5.97 Å². The van der Waals surface area contributed by atoms with E-state index in [4.69, 9.17) is 4.74 Å². The van der Waals surface area contributed by atoms with Crippen LogP contribution < -0.4 is 0 Å². The van der Waals surface area contributed by atoms with Gasteiger partial charge in [0, 0.05) is 16.2 Å². The topological polar surface area (TPSA) is 59.0 Å². The number of hydrazone groups is 1. The summed E-state index contributed by atoms with van der Waals surface area (Å²) in [5, 5.41) is 10.0. The van der Waals surface area contributed by atoms with Crippen LogP contribution in [0.25, 0.3) is 0 Å². The maximum atomic E-state index is 12.9. The number of rotatable bonds is 6. The minimum atomic E-state index is -0.502. The Morgan fingerprint density at radius 1 is 1.14 bits per heavy atom. The average molecular weight is 443 g/mol. The Labute approximate surface area is 181 Å². The molecule has 0 aliphatic carbocycles. The lowest BCUT2D eigenvalue weighted by molar-refractivity contribution is -0.136. The van der Waals surface area contributed by atoms with E-state index in [1.165, 1.54) is 16.8 Å². The average Bonchev–Trinajstić information content (AvgIpc) is 3.51. The Hall–Kier alpha value is -2.42. The van der Waals surface area contributed by atoms with Gasteiger partial charge in [0.15, 0.2) is 6.61 Å². The highest BCUT2D eigenvalue weighted by Crippen LogP contribution is 2.36. The van der Waals surface area contributed by atoms with Crippen molar-refractivity contribution in [2.24, 2.45) is 5.10 Å². The number of nitrogens with zero attached hydrogens (tertiary/aromatic N) is 2. The first kappa shape index (κ1) is 19.9. The smallest absolute Gasteiger partial charge is 0.339 e. The van der Waals surface area contributed by atoms with Crippen molar-refractivity contribution in [2.45, 2.75) is 17.4 Å². The van der Waals surface area contributed by atoms with Crippen molar-refractivity contribution in [1.82, 2.24) is 5.01 Å². The van der Waals surface area contributed by atoms with Gasteiger partial charge in [-0.2, -0.15) is 5.10 Å². The lowest BCUT2D eigenvalue weighted by atomic mass is 10.1. The van der Waals surface area contributed by atoms with E-state index in [0.29, 0.717) is 12.0 Å². The Bertz CT molecular complexity index is 1030. The normalized spacial score (nSPS) is 16.0. The summed E-state index contributed by atoms with van der Waals surface area (Å²) in [7, 11) is 0. The van der Waals surface area contributed by atoms with Crippen LogP contribution in [0.2, 0.25) is 0 Å². The molecule has 0 spiro atoms. The highest BCUT2D eigenvalue weighted by Gasteiger charge is 2.34. The molecule has 1 unspecified atom stereocenters. The van der Waals surface area contributed by atoms with Crippen molar-refractivity contribution >= 4 is 52.0 Å². The third kappa shape index (κ3) is 4.29. The maximum absolute atomic E-state index is 12.9. The molecule has 1 amide bonds. The van der Waals surface area contributed by atoms with E-state index >= 15 is 0 Å². The molecule has 1 aliphatic rings. The number of thiophene rings is 2. The van der Waals surface area contributed by atoms with E-state index in [0.717, 1.165) is 20.4 Å². The van der Waals surface area contributed by atoms with Crippen LogP contribution in [0.15, 0.2) is 69.3 Å². The van der Waals surface area contributed by atoms with Crippen LogP contribution in [0, 0.1) is 0 Å². The van der Waals surface area contributed by atoms with Gasteiger partial charge in [-0.3, -0.25) is 4.79 Å². The summed E-state index contributed by atoms with van der Waals surface area (Å²) in [4.78, 5) is 28.3. The molecule has 8 heteroatoms.